The van der Waals surface area contributed by atoms with E-state index in [1.165, 1.54) is 14.1 Å². The van der Waals surface area contributed by atoms with Crippen LogP contribution in [0.2, 0.25) is 0 Å². The molecule has 0 bridgehead atoms. The SMILES string of the molecule is CN(C)C(=S)N=C(C(F)(F)F)C(F)(F)F. The summed E-state index contributed by atoms with van der Waals surface area (Å²) in [4.78, 5) is 3.21. The third-order valence-corrected chi connectivity index (χ3v) is 1.58. The van der Waals surface area contributed by atoms with Crippen molar-refractivity contribution in [3.63, 3.8) is 0 Å². The van der Waals surface area contributed by atoms with Gasteiger partial charge in [0.1, 0.15) is 0 Å². The molecular weight excluding hydrogens is 246 g/mol. The van der Waals surface area contributed by atoms with E-state index in [-0.39, 0.29) is 0 Å². The Labute approximate surface area is 86.6 Å². The van der Waals surface area contributed by atoms with Gasteiger partial charge in [0.15, 0.2) is 5.11 Å². The van der Waals surface area contributed by atoms with Gasteiger partial charge in [0.2, 0.25) is 5.71 Å². The van der Waals surface area contributed by atoms with Crippen LogP contribution in [0.1, 0.15) is 0 Å². The van der Waals surface area contributed by atoms with Crippen molar-refractivity contribution in [2.24, 2.45) is 4.99 Å². The molecule has 0 amide bonds. The molecular formula is C6H6F6N2S. The first kappa shape index (κ1) is 14.1. The van der Waals surface area contributed by atoms with Crippen LogP contribution < -0.4 is 0 Å². The highest BCUT2D eigenvalue weighted by Gasteiger charge is 2.53. The second kappa shape index (κ2) is 4.33. The van der Waals surface area contributed by atoms with Crippen LogP contribution in [0.25, 0.3) is 0 Å². The quantitative estimate of drug-likeness (QED) is 0.374. The summed E-state index contributed by atoms with van der Waals surface area (Å²) in [6, 6.07) is 0. The largest absolute Gasteiger partial charge is 0.438 e. The molecule has 0 radical (unpaired) electrons. The van der Waals surface area contributed by atoms with Crippen molar-refractivity contribution < 1.29 is 26.3 Å². The lowest BCUT2D eigenvalue weighted by atomic mass is 10.3. The summed E-state index contributed by atoms with van der Waals surface area (Å²) >= 11 is 4.23. The van der Waals surface area contributed by atoms with Crippen LogP contribution in [0.5, 0.6) is 0 Å². The maximum Gasteiger partial charge on any atom is 0.438 e. The zero-order valence-electron chi connectivity index (χ0n) is 7.57. The Hall–Kier alpha value is -0.860. The van der Waals surface area contributed by atoms with Crippen LogP contribution in [0.15, 0.2) is 4.99 Å². The van der Waals surface area contributed by atoms with Crippen molar-refractivity contribution in [2.75, 3.05) is 14.1 Å². The predicted molar refractivity (Wildman–Crippen MR) is 45.8 cm³/mol. The molecule has 0 fully saturated rings. The Kier molecular flexibility index (Phi) is 4.08. The minimum Gasteiger partial charge on any atom is -0.354 e. The second-order valence-electron chi connectivity index (χ2n) is 2.63. The first-order chi connectivity index (χ1) is 6.46. The highest BCUT2D eigenvalue weighted by molar-refractivity contribution is 7.80. The third-order valence-electron chi connectivity index (χ3n) is 1.13. The highest BCUT2D eigenvalue weighted by Crippen LogP contribution is 2.30. The van der Waals surface area contributed by atoms with E-state index in [0.29, 0.717) is 0 Å². The van der Waals surface area contributed by atoms with E-state index in [1.54, 1.807) is 0 Å². The summed E-state index contributed by atoms with van der Waals surface area (Å²) in [5, 5.41) is -0.792. The van der Waals surface area contributed by atoms with Gasteiger partial charge < -0.3 is 4.90 Å². The number of nitrogens with zero attached hydrogens (tertiary/aromatic N) is 2. The number of alkyl halides is 6. The van der Waals surface area contributed by atoms with E-state index in [0.717, 1.165) is 4.90 Å². The van der Waals surface area contributed by atoms with E-state index < -0.39 is 23.2 Å². The van der Waals surface area contributed by atoms with Crippen LogP contribution in [-0.4, -0.2) is 42.2 Å². The third kappa shape index (κ3) is 4.45. The molecule has 0 spiro atoms. The van der Waals surface area contributed by atoms with Crippen LogP contribution >= 0.6 is 12.2 Å². The summed E-state index contributed by atoms with van der Waals surface area (Å²) in [6.45, 7) is 0. The molecule has 88 valence electrons. The fourth-order valence-electron chi connectivity index (χ4n) is 0.483. The van der Waals surface area contributed by atoms with Gasteiger partial charge in [0.25, 0.3) is 0 Å². The number of hydrogen-bond acceptors (Lipinski definition) is 1. The van der Waals surface area contributed by atoms with Gasteiger partial charge in [0, 0.05) is 14.1 Å². The molecule has 0 saturated carbocycles. The normalized spacial score (nSPS) is 12.3. The van der Waals surface area contributed by atoms with E-state index in [1.807, 2.05) is 0 Å². The van der Waals surface area contributed by atoms with Gasteiger partial charge in [-0.25, -0.2) is 4.99 Å². The highest BCUT2D eigenvalue weighted by atomic mass is 32.1. The Bertz CT molecular complexity index is 260. The average molecular weight is 252 g/mol. The van der Waals surface area contributed by atoms with Crippen molar-refractivity contribution in [2.45, 2.75) is 12.4 Å². The molecule has 0 saturated heterocycles. The van der Waals surface area contributed by atoms with Gasteiger partial charge in [-0.3, -0.25) is 0 Å². The van der Waals surface area contributed by atoms with E-state index in [9.17, 15) is 26.3 Å². The fraction of sp³-hybridized carbons (Fsp3) is 0.667. The minimum absolute atomic E-state index is 0.792. The summed E-state index contributed by atoms with van der Waals surface area (Å²) < 4.78 is 71.5. The molecule has 0 aliphatic heterocycles. The zero-order valence-corrected chi connectivity index (χ0v) is 8.39. The molecule has 0 aliphatic carbocycles. The van der Waals surface area contributed by atoms with Crippen molar-refractivity contribution in [3.8, 4) is 0 Å². The van der Waals surface area contributed by atoms with Crippen molar-refractivity contribution >= 4 is 23.0 Å². The fourth-order valence-corrected chi connectivity index (χ4v) is 0.574. The molecule has 15 heavy (non-hydrogen) atoms. The van der Waals surface area contributed by atoms with Gasteiger partial charge in [-0.15, -0.1) is 0 Å². The van der Waals surface area contributed by atoms with Crippen LogP contribution in [0.4, 0.5) is 26.3 Å². The van der Waals surface area contributed by atoms with E-state index >= 15 is 0 Å². The predicted octanol–water partition coefficient (Wildman–Crippen LogP) is 2.40. The molecule has 0 N–H and O–H groups in total. The molecule has 0 heterocycles. The number of thiocarbonyl (C=S) groups is 1. The van der Waals surface area contributed by atoms with E-state index in [4.69, 9.17) is 0 Å². The van der Waals surface area contributed by atoms with Crippen LogP contribution in [0, 0.1) is 0 Å². The van der Waals surface area contributed by atoms with Crippen molar-refractivity contribution in [1.82, 2.24) is 4.90 Å². The molecule has 0 aliphatic rings. The van der Waals surface area contributed by atoms with Gasteiger partial charge in [-0.2, -0.15) is 26.3 Å². The van der Waals surface area contributed by atoms with Crippen LogP contribution in [0.3, 0.4) is 0 Å². The number of hydrogen-bond donors (Lipinski definition) is 0. The number of rotatable bonds is 0. The molecule has 0 unspecified atom stereocenters. The van der Waals surface area contributed by atoms with Gasteiger partial charge >= 0.3 is 12.4 Å². The van der Waals surface area contributed by atoms with Crippen LogP contribution in [-0.2, 0) is 0 Å². The van der Waals surface area contributed by atoms with Crippen molar-refractivity contribution in [1.29, 1.82) is 0 Å². The second-order valence-corrected chi connectivity index (χ2v) is 3.00. The summed E-state index contributed by atoms with van der Waals surface area (Å²) in [6.07, 6.45) is -11.1. The zero-order chi connectivity index (χ0) is 12.4. The monoisotopic (exact) mass is 252 g/mol. The van der Waals surface area contributed by atoms with Gasteiger partial charge in [-0.1, -0.05) is 0 Å². The van der Waals surface area contributed by atoms with E-state index in [2.05, 4.69) is 17.2 Å². The Morgan fingerprint density at radius 1 is 1.00 bits per heavy atom. The Morgan fingerprint density at radius 3 is 1.53 bits per heavy atom. The molecule has 0 aromatic rings. The van der Waals surface area contributed by atoms with Gasteiger partial charge in [0.05, 0.1) is 0 Å². The molecule has 0 aromatic carbocycles. The average Bonchev–Trinajstić information content (AvgIpc) is 1.94. The first-order valence-corrected chi connectivity index (χ1v) is 3.81. The number of halogens is 6. The molecule has 0 aromatic heterocycles. The smallest absolute Gasteiger partial charge is 0.354 e. The lowest BCUT2D eigenvalue weighted by molar-refractivity contribution is -0.117. The van der Waals surface area contributed by atoms with Crippen molar-refractivity contribution in [3.05, 3.63) is 0 Å². The summed E-state index contributed by atoms with van der Waals surface area (Å²) in [7, 11) is 2.38. The lowest BCUT2D eigenvalue weighted by Gasteiger charge is -2.15. The Balaban J connectivity index is 5.24. The standard InChI is InChI=1S/C6H6F6N2S/c1-14(2)4(15)13-3(5(7,8)9)6(10,11)12/h1-2H3. The topological polar surface area (TPSA) is 15.6 Å². The molecule has 0 atom stereocenters. The number of aliphatic imine (C=N–C) groups is 1. The molecule has 9 heteroatoms. The molecule has 0 rings (SSSR count). The van der Waals surface area contributed by atoms with Gasteiger partial charge in [-0.05, 0) is 12.2 Å². The lowest BCUT2D eigenvalue weighted by Crippen LogP contribution is -2.38. The maximum atomic E-state index is 11.9. The first-order valence-electron chi connectivity index (χ1n) is 3.40. The summed E-state index contributed by atoms with van der Waals surface area (Å²) in [5.41, 5.74) is -2.85. The Morgan fingerprint density at radius 2 is 1.33 bits per heavy atom. The molecule has 2 nitrogen and oxygen atoms in total. The summed E-state index contributed by atoms with van der Waals surface area (Å²) in [5.74, 6) is 0. The maximum absolute atomic E-state index is 11.9. The minimum atomic E-state index is -5.57.